The summed E-state index contributed by atoms with van der Waals surface area (Å²) in [6.07, 6.45) is 10.5. The van der Waals surface area contributed by atoms with E-state index in [1.165, 1.54) is 38.5 Å². The van der Waals surface area contributed by atoms with Crippen molar-refractivity contribution in [1.29, 1.82) is 0 Å². The van der Waals surface area contributed by atoms with E-state index >= 15 is 0 Å². The lowest BCUT2D eigenvalue weighted by Crippen LogP contribution is -2.28. The number of nitrogens with zero attached hydrogens (tertiary/aromatic N) is 1. The summed E-state index contributed by atoms with van der Waals surface area (Å²) >= 11 is 0. The standard InChI is InChI=1S/C15H27N3O/c1-3-4-5-6-7-8-11-14(18-16)13-10-9-12-17-15(13)19-2/h9-10,12,14,18H,3-8,11,16H2,1-2H3. The molecule has 1 aromatic rings. The number of aromatic nitrogens is 1. The molecule has 0 aliphatic carbocycles. The predicted octanol–water partition coefficient (Wildman–Crippen LogP) is 3.35. The molecule has 1 atom stereocenters. The van der Waals surface area contributed by atoms with Crippen LogP contribution < -0.4 is 16.0 Å². The van der Waals surface area contributed by atoms with Crippen LogP contribution in [0.5, 0.6) is 5.88 Å². The van der Waals surface area contributed by atoms with Crippen LogP contribution in [0.25, 0.3) is 0 Å². The van der Waals surface area contributed by atoms with Gasteiger partial charge in [0, 0.05) is 11.8 Å². The minimum absolute atomic E-state index is 0.120. The maximum absolute atomic E-state index is 5.66. The van der Waals surface area contributed by atoms with Crippen LogP contribution in [0.3, 0.4) is 0 Å². The van der Waals surface area contributed by atoms with Crippen LogP contribution in [0.2, 0.25) is 0 Å². The second-order valence-electron chi connectivity index (χ2n) is 4.88. The zero-order valence-electron chi connectivity index (χ0n) is 12.2. The number of pyridine rings is 1. The fraction of sp³-hybridized carbons (Fsp3) is 0.667. The number of unbranched alkanes of at least 4 members (excludes halogenated alkanes) is 5. The first-order chi connectivity index (χ1) is 9.33. The van der Waals surface area contributed by atoms with Gasteiger partial charge >= 0.3 is 0 Å². The number of nitrogens with two attached hydrogens (primary N) is 1. The van der Waals surface area contributed by atoms with Gasteiger partial charge < -0.3 is 4.74 Å². The highest BCUT2D eigenvalue weighted by Gasteiger charge is 2.14. The lowest BCUT2D eigenvalue weighted by atomic mass is 10.0. The van der Waals surface area contributed by atoms with Crippen molar-refractivity contribution in [3.05, 3.63) is 23.9 Å². The average molecular weight is 265 g/mol. The Labute approximate surface area is 116 Å². The van der Waals surface area contributed by atoms with Gasteiger partial charge in [0.05, 0.1) is 13.2 Å². The van der Waals surface area contributed by atoms with Gasteiger partial charge in [-0.25, -0.2) is 4.98 Å². The van der Waals surface area contributed by atoms with Gasteiger partial charge in [0.2, 0.25) is 5.88 Å². The Morgan fingerprint density at radius 1 is 1.26 bits per heavy atom. The van der Waals surface area contributed by atoms with Gasteiger partial charge in [0.15, 0.2) is 0 Å². The molecule has 4 heteroatoms. The van der Waals surface area contributed by atoms with Crippen LogP contribution in [0.15, 0.2) is 18.3 Å². The number of hydrogen-bond donors (Lipinski definition) is 2. The number of methoxy groups -OCH3 is 1. The van der Waals surface area contributed by atoms with E-state index < -0.39 is 0 Å². The second kappa shape index (κ2) is 9.75. The van der Waals surface area contributed by atoms with E-state index in [2.05, 4.69) is 17.3 Å². The highest BCUT2D eigenvalue weighted by molar-refractivity contribution is 5.28. The van der Waals surface area contributed by atoms with Gasteiger partial charge in [-0.15, -0.1) is 0 Å². The van der Waals surface area contributed by atoms with Crippen molar-refractivity contribution in [3.63, 3.8) is 0 Å². The maximum Gasteiger partial charge on any atom is 0.217 e. The van der Waals surface area contributed by atoms with Gasteiger partial charge in [0.1, 0.15) is 0 Å². The molecule has 0 saturated heterocycles. The molecule has 0 amide bonds. The fourth-order valence-electron chi connectivity index (χ4n) is 2.30. The molecule has 0 aromatic carbocycles. The first-order valence-electron chi connectivity index (χ1n) is 7.28. The molecule has 1 rings (SSSR count). The monoisotopic (exact) mass is 265 g/mol. The highest BCUT2D eigenvalue weighted by Crippen LogP contribution is 2.26. The first-order valence-corrected chi connectivity index (χ1v) is 7.28. The number of nitrogens with one attached hydrogen (secondary N) is 1. The molecule has 108 valence electrons. The first kappa shape index (κ1) is 15.9. The molecule has 0 spiro atoms. The van der Waals surface area contributed by atoms with Crippen LogP contribution in [0.1, 0.15) is 63.5 Å². The van der Waals surface area contributed by atoms with E-state index in [-0.39, 0.29) is 6.04 Å². The van der Waals surface area contributed by atoms with Gasteiger partial charge in [0.25, 0.3) is 0 Å². The molecular formula is C15H27N3O. The largest absolute Gasteiger partial charge is 0.481 e. The Hall–Kier alpha value is -1.13. The summed E-state index contributed by atoms with van der Waals surface area (Å²) in [6, 6.07) is 4.06. The molecule has 0 bridgehead atoms. The number of rotatable bonds is 10. The molecule has 0 fully saturated rings. The minimum Gasteiger partial charge on any atom is -0.481 e. The molecule has 1 aromatic heterocycles. The lowest BCUT2D eigenvalue weighted by Gasteiger charge is -2.18. The fourth-order valence-corrected chi connectivity index (χ4v) is 2.30. The van der Waals surface area contributed by atoms with Crippen LogP contribution in [-0.2, 0) is 0 Å². The summed E-state index contributed by atoms with van der Waals surface area (Å²) in [5.74, 6) is 6.32. The smallest absolute Gasteiger partial charge is 0.217 e. The van der Waals surface area contributed by atoms with Gasteiger partial charge in [-0.1, -0.05) is 51.5 Å². The number of hydrogen-bond acceptors (Lipinski definition) is 4. The van der Waals surface area contributed by atoms with Crippen molar-refractivity contribution in [2.24, 2.45) is 5.84 Å². The molecule has 0 saturated carbocycles. The molecule has 4 nitrogen and oxygen atoms in total. The Kier molecular flexibility index (Phi) is 8.18. The summed E-state index contributed by atoms with van der Waals surface area (Å²) in [5.41, 5.74) is 3.92. The summed E-state index contributed by atoms with van der Waals surface area (Å²) in [4.78, 5) is 4.22. The topological polar surface area (TPSA) is 60.2 Å². The summed E-state index contributed by atoms with van der Waals surface area (Å²) in [6.45, 7) is 2.24. The maximum atomic E-state index is 5.66. The summed E-state index contributed by atoms with van der Waals surface area (Å²) in [7, 11) is 1.64. The van der Waals surface area contributed by atoms with E-state index in [0.717, 1.165) is 12.0 Å². The van der Waals surface area contributed by atoms with E-state index in [4.69, 9.17) is 10.6 Å². The van der Waals surface area contributed by atoms with E-state index in [1.54, 1.807) is 13.3 Å². The third-order valence-electron chi connectivity index (χ3n) is 3.42. The molecule has 3 N–H and O–H groups in total. The van der Waals surface area contributed by atoms with Gasteiger partial charge in [-0.2, -0.15) is 0 Å². The number of hydrazine groups is 1. The quantitative estimate of drug-likeness (QED) is 0.387. The molecule has 1 unspecified atom stereocenters. The number of ether oxygens (including phenoxy) is 1. The van der Waals surface area contributed by atoms with Crippen LogP contribution in [-0.4, -0.2) is 12.1 Å². The van der Waals surface area contributed by atoms with E-state index in [0.29, 0.717) is 5.88 Å². The third kappa shape index (κ3) is 5.57. The zero-order valence-corrected chi connectivity index (χ0v) is 12.2. The van der Waals surface area contributed by atoms with E-state index in [9.17, 15) is 0 Å². The van der Waals surface area contributed by atoms with Crippen molar-refractivity contribution < 1.29 is 4.74 Å². The van der Waals surface area contributed by atoms with Crippen molar-refractivity contribution in [2.75, 3.05) is 7.11 Å². The molecule has 1 heterocycles. The third-order valence-corrected chi connectivity index (χ3v) is 3.42. The molecule has 19 heavy (non-hydrogen) atoms. The highest BCUT2D eigenvalue weighted by atomic mass is 16.5. The van der Waals surface area contributed by atoms with Gasteiger partial charge in [-0.05, 0) is 12.5 Å². The summed E-state index contributed by atoms with van der Waals surface area (Å²) in [5, 5.41) is 0. The Balaban J connectivity index is 2.40. The van der Waals surface area contributed by atoms with Crippen LogP contribution in [0, 0.1) is 0 Å². The molecule has 0 radical (unpaired) electrons. The van der Waals surface area contributed by atoms with Crippen LogP contribution in [0.4, 0.5) is 0 Å². The normalized spacial score (nSPS) is 12.4. The van der Waals surface area contributed by atoms with Crippen LogP contribution >= 0.6 is 0 Å². The Morgan fingerprint density at radius 2 is 2.00 bits per heavy atom. The van der Waals surface area contributed by atoms with Crippen molar-refractivity contribution in [3.8, 4) is 5.88 Å². The predicted molar refractivity (Wildman–Crippen MR) is 78.8 cm³/mol. The Morgan fingerprint density at radius 3 is 2.68 bits per heavy atom. The van der Waals surface area contributed by atoms with Gasteiger partial charge in [-0.3, -0.25) is 11.3 Å². The molecule has 0 aliphatic rings. The van der Waals surface area contributed by atoms with Crippen molar-refractivity contribution in [1.82, 2.24) is 10.4 Å². The van der Waals surface area contributed by atoms with Crippen molar-refractivity contribution in [2.45, 2.75) is 57.9 Å². The minimum atomic E-state index is 0.120. The zero-order chi connectivity index (χ0) is 13.9. The van der Waals surface area contributed by atoms with E-state index in [1.807, 2.05) is 12.1 Å². The average Bonchev–Trinajstić information content (AvgIpc) is 2.47. The summed E-state index contributed by atoms with van der Waals surface area (Å²) < 4.78 is 5.28. The second-order valence-corrected chi connectivity index (χ2v) is 4.88. The van der Waals surface area contributed by atoms with Crippen molar-refractivity contribution >= 4 is 0 Å². The lowest BCUT2D eigenvalue weighted by molar-refractivity contribution is 0.377. The molecular weight excluding hydrogens is 238 g/mol. The SMILES string of the molecule is CCCCCCCCC(NN)c1cccnc1OC. The molecule has 0 aliphatic heterocycles. The Bertz CT molecular complexity index is 344.